The normalized spacial score (nSPS) is 12.7. The molecule has 0 aliphatic heterocycles. The van der Waals surface area contributed by atoms with Crippen LogP contribution in [-0.2, 0) is 0 Å². The van der Waals surface area contributed by atoms with Crippen LogP contribution in [0.3, 0.4) is 0 Å². The van der Waals surface area contributed by atoms with Gasteiger partial charge in [0.1, 0.15) is 0 Å². The average molecular weight is 239 g/mol. The molecule has 2 aromatic rings. The Kier molecular flexibility index (Phi) is 3.05. The largest absolute Gasteiger partial charge is 0.320 e. The number of nitrogens with zero attached hydrogens (tertiary/aromatic N) is 1. The van der Waals surface area contributed by atoms with Crippen LogP contribution in [0.25, 0.3) is 0 Å². The monoisotopic (exact) mass is 238 g/mol. The van der Waals surface area contributed by atoms with Crippen molar-refractivity contribution < 1.29 is 0 Å². The maximum absolute atomic E-state index is 6.16. The van der Waals surface area contributed by atoms with E-state index in [1.165, 1.54) is 5.56 Å². The van der Waals surface area contributed by atoms with Crippen molar-refractivity contribution in [1.29, 1.82) is 0 Å². The maximum Gasteiger partial charge on any atom is 0.0664 e. The molecule has 0 aromatic carbocycles. The molecule has 0 aliphatic carbocycles. The first kappa shape index (κ1) is 10.6. The Morgan fingerprint density at radius 2 is 2.27 bits per heavy atom. The molecule has 0 aliphatic rings. The molecule has 15 heavy (non-hydrogen) atoms. The zero-order valence-electron chi connectivity index (χ0n) is 8.27. The SMILES string of the molecule is Cc1ccsc1C(N)c1ccncc1Cl. The van der Waals surface area contributed by atoms with E-state index >= 15 is 0 Å². The zero-order valence-corrected chi connectivity index (χ0v) is 9.85. The van der Waals surface area contributed by atoms with Crippen molar-refractivity contribution in [2.45, 2.75) is 13.0 Å². The molecule has 2 aromatic heterocycles. The molecule has 78 valence electrons. The molecule has 0 saturated heterocycles. The summed E-state index contributed by atoms with van der Waals surface area (Å²) < 4.78 is 0. The van der Waals surface area contributed by atoms with E-state index in [9.17, 15) is 0 Å². The summed E-state index contributed by atoms with van der Waals surface area (Å²) in [5.41, 5.74) is 8.30. The molecule has 1 unspecified atom stereocenters. The fourth-order valence-corrected chi connectivity index (χ4v) is 2.67. The van der Waals surface area contributed by atoms with E-state index in [1.807, 2.05) is 11.4 Å². The van der Waals surface area contributed by atoms with Crippen molar-refractivity contribution in [2.75, 3.05) is 0 Å². The Labute approximate surface area is 97.7 Å². The summed E-state index contributed by atoms with van der Waals surface area (Å²) in [4.78, 5) is 5.10. The minimum absolute atomic E-state index is 0.152. The first-order valence-electron chi connectivity index (χ1n) is 4.59. The van der Waals surface area contributed by atoms with Crippen molar-refractivity contribution >= 4 is 22.9 Å². The molecule has 0 amide bonds. The molecule has 1 atom stereocenters. The first-order chi connectivity index (χ1) is 7.20. The molecule has 2 rings (SSSR count). The van der Waals surface area contributed by atoms with Gasteiger partial charge < -0.3 is 5.73 Å². The van der Waals surface area contributed by atoms with E-state index in [4.69, 9.17) is 17.3 Å². The fourth-order valence-electron chi connectivity index (χ4n) is 1.48. The van der Waals surface area contributed by atoms with Gasteiger partial charge in [-0.2, -0.15) is 0 Å². The summed E-state index contributed by atoms with van der Waals surface area (Å²) in [5.74, 6) is 0. The average Bonchev–Trinajstić information content (AvgIpc) is 2.64. The lowest BCUT2D eigenvalue weighted by molar-refractivity contribution is 0.881. The van der Waals surface area contributed by atoms with E-state index < -0.39 is 0 Å². The van der Waals surface area contributed by atoms with Gasteiger partial charge in [0.2, 0.25) is 0 Å². The number of halogens is 1. The van der Waals surface area contributed by atoms with Gasteiger partial charge in [-0.15, -0.1) is 11.3 Å². The van der Waals surface area contributed by atoms with Crippen molar-refractivity contribution in [3.05, 3.63) is 50.9 Å². The quantitative estimate of drug-likeness (QED) is 0.873. The summed E-state index contributed by atoms with van der Waals surface area (Å²) in [6.07, 6.45) is 3.34. The summed E-state index contributed by atoms with van der Waals surface area (Å²) in [5, 5.41) is 2.66. The summed E-state index contributed by atoms with van der Waals surface area (Å²) in [6, 6.07) is 3.78. The fraction of sp³-hybridized carbons (Fsp3) is 0.182. The Hall–Kier alpha value is -0.900. The number of nitrogens with two attached hydrogens (primary N) is 1. The van der Waals surface area contributed by atoms with Crippen LogP contribution in [0, 0.1) is 6.92 Å². The highest BCUT2D eigenvalue weighted by Crippen LogP contribution is 2.30. The second kappa shape index (κ2) is 4.31. The van der Waals surface area contributed by atoms with Crippen LogP contribution >= 0.6 is 22.9 Å². The maximum atomic E-state index is 6.16. The summed E-state index contributed by atoms with van der Waals surface area (Å²) >= 11 is 7.71. The number of aromatic nitrogens is 1. The van der Waals surface area contributed by atoms with Gasteiger partial charge in [-0.05, 0) is 35.6 Å². The van der Waals surface area contributed by atoms with Gasteiger partial charge in [0, 0.05) is 17.3 Å². The van der Waals surface area contributed by atoms with Gasteiger partial charge in [-0.25, -0.2) is 0 Å². The van der Waals surface area contributed by atoms with Crippen molar-refractivity contribution in [2.24, 2.45) is 5.73 Å². The van der Waals surface area contributed by atoms with Crippen LogP contribution in [0.15, 0.2) is 29.9 Å². The van der Waals surface area contributed by atoms with Gasteiger partial charge in [-0.1, -0.05) is 11.6 Å². The molecule has 4 heteroatoms. The van der Waals surface area contributed by atoms with Crippen LogP contribution in [-0.4, -0.2) is 4.98 Å². The van der Waals surface area contributed by atoms with Crippen molar-refractivity contribution in [1.82, 2.24) is 4.98 Å². The zero-order chi connectivity index (χ0) is 10.8. The summed E-state index contributed by atoms with van der Waals surface area (Å²) in [7, 11) is 0. The number of hydrogen-bond donors (Lipinski definition) is 1. The highest BCUT2D eigenvalue weighted by molar-refractivity contribution is 7.10. The first-order valence-corrected chi connectivity index (χ1v) is 5.85. The number of rotatable bonds is 2. The van der Waals surface area contributed by atoms with E-state index in [0.29, 0.717) is 5.02 Å². The van der Waals surface area contributed by atoms with Gasteiger partial charge in [0.15, 0.2) is 0 Å². The van der Waals surface area contributed by atoms with E-state index in [-0.39, 0.29) is 6.04 Å². The number of hydrogen-bond acceptors (Lipinski definition) is 3. The van der Waals surface area contributed by atoms with Gasteiger partial charge in [0.25, 0.3) is 0 Å². The molecule has 0 saturated carbocycles. The molecule has 2 heterocycles. The molecule has 0 radical (unpaired) electrons. The summed E-state index contributed by atoms with van der Waals surface area (Å²) in [6.45, 7) is 2.06. The molecule has 0 spiro atoms. The van der Waals surface area contributed by atoms with E-state index in [2.05, 4.69) is 18.0 Å². The third-order valence-corrected chi connectivity index (χ3v) is 3.74. The minimum atomic E-state index is -0.152. The molecule has 0 bridgehead atoms. The Morgan fingerprint density at radius 3 is 2.87 bits per heavy atom. The number of aryl methyl sites for hydroxylation is 1. The van der Waals surface area contributed by atoms with Gasteiger partial charge in [-0.3, -0.25) is 4.98 Å². The van der Waals surface area contributed by atoms with Gasteiger partial charge in [0.05, 0.1) is 11.1 Å². The third-order valence-electron chi connectivity index (χ3n) is 2.32. The Morgan fingerprint density at radius 1 is 1.47 bits per heavy atom. The van der Waals surface area contributed by atoms with Gasteiger partial charge >= 0.3 is 0 Å². The topological polar surface area (TPSA) is 38.9 Å². The van der Waals surface area contributed by atoms with Crippen LogP contribution < -0.4 is 5.73 Å². The molecule has 2 nitrogen and oxygen atoms in total. The number of thiophene rings is 1. The number of pyridine rings is 1. The Balaban J connectivity index is 2.41. The van der Waals surface area contributed by atoms with E-state index in [0.717, 1.165) is 10.4 Å². The van der Waals surface area contributed by atoms with Crippen LogP contribution in [0.5, 0.6) is 0 Å². The molecular formula is C11H11ClN2S. The smallest absolute Gasteiger partial charge is 0.0664 e. The minimum Gasteiger partial charge on any atom is -0.320 e. The predicted molar refractivity (Wildman–Crippen MR) is 64.3 cm³/mol. The second-order valence-corrected chi connectivity index (χ2v) is 4.70. The van der Waals surface area contributed by atoms with Crippen molar-refractivity contribution in [3.8, 4) is 0 Å². The standard InChI is InChI=1S/C11H11ClN2S/c1-7-3-5-15-11(7)10(13)8-2-4-14-6-9(8)12/h2-6,10H,13H2,1H3. The lowest BCUT2D eigenvalue weighted by Crippen LogP contribution is -2.11. The Bertz CT molecular complexity index is 467. The highest BCUT2D eigenvalue weighted by Gasteiger charge is 2.15. The van der Waals surface area contributed by atoms with Crippen LogP contribution in [0.4, 0.5) is 0 Å². The third kappa shape index (κ3) is 2.04. The second-order valence-electron chi connectivity index (χ2n) is 3.34. The molecule has 2 N–H and O–H groups in total. The molecular weight excluding hydrogens is 228 g/mol. The lowest BCUT2D eigenvalue weighted by atomic mass is 10.1. The van der Waals surface area contributed by atoms with Crippen molar-refractivity contribution in [3.63, 3.8) is 0 Å². The van der Waals surface area contributed by atoms with Crippen LogP contribution in [0.2, 0.25) is 5.02 Å². The predicted octanol–water partition coefficient (Wildman–Crippen LogP) is 3.15. The van der Waals surface area contributed by atoms with E-state index in [1.54, 1.807) is 23.7 Å². The lowest BCUT2D eigenvalue weighted by Gasteiger charge is -2.12. The molecule has 0 fully saturated rings. The van der Waals surface area contributed by atoms with Crippen LogP contribution in [0.1, 0.15) is 22.0 Å². The highest BCUT2D eigenvalue weighted by atomic mass is 35.5.